The molecule has 0 aliphatic carbocycles. The summed E-state index contributed by atoms with van der Waals surface area (Å²) < 4.78 is 1.39. The summed E-state index contributed by atoms with van der Waals surface area (Å²) in [6, 6.07) is 0. The van der Waals surface area contributed by atoms with Crippen LogP contribution < -0.4 is 0 Å². The van der Waals surface area contributed by atoms with E-state index in [4.69, 9.17) is 8.92 Å². The van der Waals surface area contributed by atoms with Crippen LogP contribution in [-0.4, -0.2) is 20.0 Å². The van der Waals surface area contributed by atoms with Crippen LogP contribution in [0.4, 0.5) is 0 Å². The molecule has 0 amide bonds. The summed E-state index contributed by atoms with van der Waals surface area (Å²) in [5.74, 6) is 0. The standard InChI is InChI=1S/C8H17.ClH.Sn.H/c1-3-5-7-8-6-4-2;;;/h1,3-8H2,2H3;1H;;/q;;+1;/p-1. The molecule has 0 atom stereocenters. The van der Waals surface area contributed by atoms with Gasteiger partial charge >= 0.3 is 78.8 Å². The van der Waals surface area contributed by atoms with E-state index in [1.165, 1.54) is 43.0 Å². The Hall–Kier alpha value is 1.09. The van der Waals surface area contributed by atoms with E-state index in [0.29, 0.717) is 0 Å². The van der Waals surface area contributed by atoms with E-state index in [0.717, 1.165) is 0 Å². The first-order valence-corrected chi connectivity index (χ1v) is 10.8. The summed E-state index contributed by atoms with van der Waals surface area (Å²) in [6.07, 6.45) is 8.49. The third-order valence-electron chi connectivity index (χ3n) is 1.67. The van der Waals surface area contributed by atoms with Crippen LogP contribution in [0.25, 0.3) is 0 Å². The molecule has 0 aromatic carbocycles. The molecule has 0 nitrogen and oxygen atoms in total. The SMILES string of the molecule is CCCCCCC[CH2][SnH][Cl]. The fourth-order valence-electron chi connectivity index (χ4n) is 1.00. The molecule has 0 saturated carbocycles. The summed E-state index contributed by atoms with van der Waals surface area (Å²) in [6.45, 7) is 2.26. The molecule has 0 aromatic rings. The van der Waals surface area contributed by atoms with Gasteiger partial charge in [0.15, 0.2) is 0 Å². The van der Waals surface area contributed by atoms with Gasteiger partial charge in [0.25, 0.3) is 0 Å². The molecule has 1 radical (unpaired) electrons. The third-order valence-corrected chi connectivity index (χ3v) is 4.92. The third kappa shape index (κ3) is 9.09. The van der Waals surface area contributed by atoms with Gasteiger partial charge in [0.05, 0.1) is 0 Å². The molecule has 0 heterocycles. The van der Waals surface area contributed by atoms with Crippen LogP contribution in [0.1, 0.15) is 45.4 Å². The van der Waals surface area contributed by atoms with Gasteiger partial charge < -0.3 is 0 Å². The van der Waals surface area contributed by atoms with Crippen molar-refractivity contribution in [2.45, 2.75) is 49.9 Å². The molecule has 0 aromatic heterocycles. The maximum absolute atomic E-state index is 5.73. The first-order chi connectivity index (χ1) is 4.91. The molecule has 0 fully saturated rings. The van der Waals surface area contributed by atoms with Gasteiger partial charge in [-0.1, -0.05) is 0 Å². The van der Waals surface area contributed by atoms with Gasteiger partial charge in [0.2, 0.25) is 0 Å². The average molecular weight is 268 g/mol. The summed E-state index contributed by atoms with van der Waals surface area (Å²) in [5, 5.41) is 0. The van der Waals surface area contributed by atoms with Crippen molar-refractivity contribution >= 4 is 28.9 Å². The zero-order chi connectivity index (χ0) is 7.66. The van der Waals surface area contributed by atoms with Crippen molar-refractivity contribution in [2.24, 2.45) is 0 Å². The molecular formula is C8H18ClSn. The van der Waals surface area contributed by atoms with Crippen LogP contribution in [0.15, 0.2) is 0 Å². The van der Waals surface area contributed by atoms with E-state index in [9.17, 15) is 0 Å². The molecule has 0 rings (SSSR count). The van der Waals surface area contributed by atoms with Crippen LogP contribution in [0.5, 0.6) is 0 Å². The average Bonchev–Trinajstić information content (AvgIpc) is 1.97. The summed E-state index contributed by atoms with van der Waals surface area (Å²) in [4.78, 5) is 0. The van der Waals surface area contributed by atoms with E-state index in [1.54, 1.807) is 0 Å². The zero-order valence-corrected chi connectivity index (χ0v) is 11.0. The predicted octanol–water partition coefficient (Wildman–Crippen LogP) is 3.36. The maximum atomic E-state index is 5.73. The zero-order valence-electron chi connectivity index (χ0n) is 6.91. The number of rotatable bonds is 7. The Kier molecular flexibility index (Phi) is 11.2. The molecular weight excluding hydrogens is 250 g/mol. The summed E-state index contributed by atoms with van der Waals surface area (Å²) in [5.41, 5.74) is 0. The van der Waals surface area contributed by atoms with Crippen molar-refractivity contribution in [2.75, 3.05) is 0 Å². The van der Waals surface area contributed by atoms with Crippen LogP contribution in [0.2, 0.25) is 4.44 Å². The predicted molar refractivity (Wildman–Crippen MR) is 51.2 cm³/mol. The van der Waals surface area contributed by atoms with Crippen LogP contribution in [0.3, 0.4) is 0 Å². The monoisotopic (exact) mass is 269 g/mol. The Morgan fingerprint density at radius 3 is 2.20 bits per heavy atom. The minimum absolute atomic E-state index is 0.519. The molecule has 61 valence electrons. The number of hydrogen-bond donors (Lipinski definition) is 0. The fraction of sp³-hybridized carbons (Fsp3) is 1.00. The van der Waals surface area contributed by atoms with E-state index in [2.05, 4.69) is 6.92 Å². The topological polar surface area (TPSA) is 0 Å². The molecule has 0 bridgehead atoms. The van der Waals surface area contributed by atoms with Crippen molar-refractivity contribution in [3.8, 4) is 0 Å². The minimum atomic E-state index is -0.519. The van der Waals surface area contributed by atoms with Gasteiger partial charge in [-0.05, 0) is 0 Å². The van der Waals surface area contributed by atoms with Gasteiger partial charge in [-0.2, -0.15) is 0 Å². The Labute approximate surface area is 78.7 Å². The Balaban J connectivity index is 2.65. The molecule has 0 spiro atoms. The molecule has 0 aliphatic rings. The van der Waals surface area contributed by atoms with Gasteiger partial charge in [-0.3, -0.25) is 0 Å². The molecule has 0 unspecified atom stereocenters. The first-order valence-electron chi connectivity index (χ1n) is 4.33. The van der Waals surface area contributed by atoms with E-state index < -0.39 is 20.0 Å². The second-order valence-electron chi connectivity index (χ2n) is 2.71. The van der Waals surface area contributed by atoms with Gasteiger partial charge in [-0.25, -0.2) is 0 Å². The van der Waals surface area contributed by atoms with Crippen molar-refractivity contribution < 1.29 is 0 Å². The number of hydrogen-bond acceptors (Lipinski definition) is 0. The molecule has 0 saturated heterocycles. The summed E-state index contributed by atoms with van der Waals surface area (Å²) in [7, 11) is 5.73. The second-order valence-corrected chi connectivity index (χ2v) is 7.31. The molecule has 10 heavy (non-hydrogen) atoms. The number of halogens is 1. The Bertz CT molecular complexity index is 49.2. The van der Waals surface area contributed by atoms with Gasteiger partial charge in [0, 0.05) is 0 Å². The van der Waals surface area contributed by atoms with E-state index in [-0.39, 0.29) is 0 Å². The molecule has 0 N–H and O–H groups in total. The Morgan fingerprint density at radius 2 is 1.60 bits per heavy atom. The van der Waals surface area contributed by atoms with Crippen LogP contribution in [-0.2, 0) is 0 Å². The molecule has 2 heteroatoms. The van der Waals surface area contributed by atoms with Crippen molar-refractivity contribution in [3.05, 3.63) is 0 Å². The Morgan fingerprint density at radius 1 is 1.00 bits per heavy atom. The van der Waals surface area contributed by atoms with E-state index >= 15 is 0 Å². The van der Waals surface area contributed by atoms with Crippen molar-refractivity contribution in [1.29, 1.82) is 0 Å². The second kappa shape index (κ2) is 10.1. The van der Waals surface area contributed by atoms with Gasteiger partial charge in [-0.15, -0.1) is 0 Å². The quantitative estimate of drug-likeness (QED) is 0.490. The van der Waals surface area contributed by atoms with Crippen LogP contribution >= 0.6 is 8.92 Å². The summed E-state index contributed by atoms with van der Waals surface area (Å²) >= 11 is -0.519. The number of unbranched alkanes of at least 4 members (excludes halogenated alkanes) is 5. The van der Waals surface area contributed by atoms with Gasteiger partial charge in [0.1, 0.15) is 0 Å². The fourth-order valence-corrected chi connectivity index (χ4v) is 3.30. The first kappa shape index (κ1) is 11.1. The van der Waals surface area contributed by atoms with Crippen molar-refractivity contribution in [1.82, 2.24) is 0 Å². The van der Waals surface area contributed by atoms with E-state index in [1.807, 2.05) is 0 Å². The molecule has 0 aliphatic heterocycles. The normalized spacial score (nSPS) is 10.2. The van der Waals surface area contributed by atoms with Crippen LogP contribution in [0, 0.1) is 0 Å². The van der Waals surface area contributed by atoms with Crippen molar-refractivity contribution in [3.63, 3.8) is 0 Å².